The van der Waals surface area contributed by atoms with Crippen molar-refractivity contribution >= 4 is 5.91 Å². The molecule has 1 heterocycles. The molecule has 0 radical (unpaired) electrons. The second-order valence-corrected chi connectivity index (χ2v) is 5.60. The fourth-order valence-corrected chi connectivity index (χ4v) is 2.26. The van der Waals surface area contributed by atoms with E-state index in [2.05, 4.69) is 13.8 Å². The lowest BCUT2D eigenvalue weighted by atomic mass is 9.86. The van der Waals surface area contributed by atoms with E-state index in [1.165, 1.54) is 0 Å². The molecule has 0 bridgehead atoms. The summed E-state index contributed by atoms with van der Waals surface area (Å²) in [5.74, 6) is 1.36. The first-order chi connectivity index (χ1) is 7.43. The van der Waals surface area contributed by atoms with Crippen molar-refractivity contribution in [2.24, 2.45) is 17.8 Å². The van der Waals surface area contributed by atoms with Crippen LogP contribution in [0, 0.1) is 17.8 Å². The zero-order chi connectivity index (χ0) is 12.3. The van der Waals surface area contributed by atoms with Crippen molar-refractivity contribution in [2.75, 3.05) is 13.1 Å². The highest BCUT2D eigenvalue weighted by molar-refractivity contribution is 5.81. The minimum Gasteiger partial charge on any atom is -0.383 e. The molecule has 3 nitrogen and oxygen atoms in total. The third kappa shape index (κ3) is 3.21. The van der Waals surface area contributed by atoms with Gasteiger partial charge in [-0.3, -0.25) is 4.79 Å². The van der Waals surface area contributed by atoms with Gasteiger partial charge in [-0.1, -0.05) is 27.7 Å². The van der Waals surface area contributed by atoms with E-state index >= 15 is 0 Å². The maximum atomic E-state index is 11.9. The Morgan fingerprint density at radius 2 is 1.69 bits per heavy atom. The number of carbonyl (C=O) groups is 1. The van der Waals surface area contributed by atoms with Gasteiger partial charge in [0.25, 0.3) is 5.91 Å². The molecule has 0 unspecified atom stereocenters. The predicted molar refractivity (Wildman–Crippen MR) is 65.0 cm³/mol. The van der Waals surface area contributed by atoms with Crippen LogP contribution in [0.4, 0.5) is 0 Å². The number of hydrogen-bond acceptors (Lipinski definition) is 2. The largest absolute Gasteiger partial charge is 0.383 e. The Kier molecular flexibility index (Phi) is 4.78. The van der Waals surface area contributed by atoms with Crippen LogP contribution in [0.25, 0.3) is 0 Å². The normalized spacial score (nSPS) is 20.6. The van der Waals surface area contributed by atoms with Crippen molar-refractivity contribution in [3.63, 3.8) is 0 Å². The summed E-state index contributed by atoms with van der Waals surface area (Å²) in [6.07, 6.45) is 1.33. The topological polar surface area (TPSA) is 40.5 Å². The lowest BCUT2D eigenvalue weighted by Gasteiger charge is -2.35. The van der Waals surface area contributed by atoms with E-state index < -0.39 is 6.10 Å². The molecule has 1 N–H and O–H groups in total. The van der Waals surface area contributed by atoms with Crippen LogP contribution in [0.1, 0.15) is 40.5 Å². The predicted octanol–water partition coefficient (Wildman–Crippen LogP) is 1.90. The van der Waals surface area contributed by atoms with Crippen molar-refractivity contribution in [2.45, 2.75) is 46.6 Å². The molecule has 1 fully saturated rings. The van der Waals surface area contributed by atoms with Gasteiger partial charge in [-0.25, -0.2) is 0 Å². The van der Waals surface area contributed by atoms with Crippen LogP contribution in [-0.2, 0) is 4.79 Å². The summed E-state index contributed by atoms with van der Waals surface area (Å²) in [4.78, 5) is 13.7. The molecule has 0 aliphatic carbocycles. The highest BCUT2D eigenvalue weighted by Crippen LogP contribution is 2.25. The Balaban J connectivity index is 2.45. The first kappa shape index (κ1) is 13.5. The lowest BCUT2D eigenvalue weighted by molar-refractivity contribution is -0.144. The molecular weight excluding hydrogens is 202 g/mol. The zero-order valence-corrected chi connectivity index (χ0v) is 10.9. The maximum Gasteiger partial charge on any atom is 0.251 e. The Morgan fingerprint density at radius 1 is 1.19 bits per heavy atom. The standard InChI is InChI=1S/C13H25NO2/c1-9(2)11-5-7-14(8-6-11)13(16)12(15)10(3)4/h9-12,15H,5-8H2,1-4H3/t12-/m0/s1. The summed E-state index contributed by atoms with van der Waals surface area (Å²) in [7, 11) is 0. The molecule has 1 rings (SSSR count). The minimum atomic E-state index is -0.824. The van der Waals surface area contributed by atoms with E-state index in [0.29, 0.717) is 5.92 Å². The van der Waals surface area contributed by atoms with Crippen molar-refractivity contribution < 1.29 is 9.90 Å². The quantitative estimate of drug-likeness (QED) is 0.800. The number of aliphatic hydroxyl groups is 1. The van der Waals surface area contributed by atoms with E-state index in [1.54, 1.807) is 0 Å². The molecular formula is C13H25NO2. The third-order valence-corrected chi connectivity index (χ3v) is 3.68. The minimum absolute atomic E-state index is 0.00956. The van der Waals surface area contributed by atoms with Gasteiger partial charge in [0.15, 0.2) is 0 Å². The van der Waals surface area contributed by atoms with Crippen molar-refractivity contribution in [1.29, 1.82) is 0 Å². The molecule has 16 heavy (non-hydrogen) atoms. The molecule has 1 aliphatic heterocycles. The zero-order valence-electron chi connectivity index (χ0n) is 10.9. The number of piperidine rings is 1. The van der Waals surface area contributed by atoms with Crippen LogP contribution in [0.15, 0.2) is 0 Å². The van der Waals surface area contributed by atoms with E-state index in [9.17, 15) is 9.90 Å². The van der Waals surface area contributed by atoms with Crippen molar-refractivity contribution in [1.82, 2.24) is 4.90 Å². The van der Waals surface area contributed by atoms with E-state index in [4.69, 9.17) is 0 Å². The van der Waals surface area contributed by atoms with Gasteiger partial charge in [0.1, 0.15) is 6.10 Å². The summed E-state index contributed by atoms with van der Waals surface area (Å²) in [5, 5.41) is 9.73. The highest BCUT2D eigenvalue weighted by atomic mass is 16.3. The number of amides is 1. The summed E-state index contributed by atoms with van der Waals surface area (Å²) >= 11 is 0. The fourth-order valence-electron chi connectivity index (χ4n) is 2.26. The smallest absolute Gasteiger partial charge is 0.251 e. The average Bonchev–Trinajstić information content (AvgIpc) is 2.27. The maximum absolute atomic E-state index is 11.9. The Bertz CT molecular complexity index is 230. The SMILES string of the molecule is CC(C)C1CCN(C(=O)[C@@H](O)C(C)C)CC1. The van der Waals surface area contributed by atoms with Crippen LogP contribution in [0.2, 0.25) is 0 Å². The number of likely N-dealkylation sites (tertiary alicyclic amines) is 1. The number of aliphatic hydroxyl groups excluding tert-OH is 1. The van der Waals surface area contributed by atoms with E-state index in [0.717, 1.165) is 31.8 Å². The lowest BCUT2D eigenvalue weighted by Crippen LogP contribution is -2.46. The Morgan fingerprint density at radius 3 is 2.06 bits per heavy atom. The van der Waals surface area contributed by atoms with Gasteiger partial charge in [-0.05, 0) is 30.6 Å². The summed E-state index contributed by atoms with van der Waals surface area (Å²) < 4.78 is 0. The monoisotopic (exact) mass is 227 g/mol. The first-order valence-electron chi connectivity index (χ1n) is 6.40. The number of nitrogens with zero attached hydrogens (tertiary/aromatic N) is 1. The molecule has 1 saturated heterocycles. The Hall–Kier alpha value is -0.570. The average molecular weight is 227 g/mol. The molecule has 1 aliphatic rings. The third-order valence-electron chi connectivity index (χ3n) is 3.68. The van der Waals surface area contributed by atoms with Gasteiger partial charge in [-0.2, -0.15) is 0 Å². The van der Waals surface area contributed by atoms with Gasteiger partial charge in [-0.15, -0.1) is 0 Å². The van der Waals surface area contributed by atoms with Crippen LogP contribution in [0.3, 0.4) is 0 Å². The molecule has 0 aromatic carbocycles. The summed E-state index contributed by atoms with van der Waals surface area (Å²) in [5.41, 5.74) is 0. The fraction of sp³-hybridized carbons (Fsp3) is 0.923. The van der Waals surface area contributed by atoms with Crippen LogP contribution in [-0.4, -0.2) is 35.1 Å². The van der Waals surface area contributed by atoms with E-state index in [1.807, 2.05) is 18.7 Å². The molecule has 0 spiro atoms. The van der Waals surface area contributed by atoms with Gasteiger partial charge in [0, 0.05) is 13.1 Å². The van der Waals surface area contributed by atoms with Gasteiger partial charge < -0.3 is 10.0 Å². The molecule has 3 heteroatoms. The molecule has 0 aromatic heterocycles. The molecule has 94 valence electrons. The molecule has 0 saturated carbocycles. The van der Waals surface area contributed by atoms with Gasteiger partial charge >= 0.3 is 0 Å². The van der Waals surface area contributed by atoms with E-state index in [-0.39, 0.29) is 11.8 Å². The van der Waals surface area contributed by atoms with Gasteiger partial charge in [0.2, 0.25) is 0 Å². The first-order valence-corrected chi connectivity index (χ1v) is 6.40. The molecule has 1 atom stereocenters. The highest BCUT2D eigenvalue weighted by Gasteiger charge is 2.29. The van der Waals surface area contributed by atoms with Crippen molar-refractivity contribution in [3.8, 4) is 0 Å². The molecule has 0 aromatic rings. The van der Waals surface area contributed by atoms with Crippen LogP contribution >= 0.6 is 0 Å². The number of carbonyl (C=O) groups excluding carboxylic acids is 1. The van der Waals surface area contributed by atoms with Crippen LogP contribution in [0.5, 0.6) is 0 Å². The molecule has 1 amide bonds. The second kappa shape index (κ2) is 5.67. The van der Waals surface area contributed by atoms with Crippen molar-refractivity contribution in [3.05, 3.63) is 0 Å². The Labute approximate surface area is 98.8 Å². The van der Waals surface area contributed by atoms with Gasteiger partial charge in [0.05, 0.1) is 0 Å². The number of rotatable bonds is 3. The number of hydrogen-bond donors (Lipinski definition) is 1. The van der Waals surface area contributed by atoms with Crippen LogP contribution < -0.4 is 0 Å². The second-order valence-electron chi connectivity index (χ2n) is 5.60. The summed E-state index contributed by atoms with van der Waals surface area (Å²) in [6.45, 7) is 9.86. The summed E-state index contributed by atoms with van der Waals surface area (Å²) in [6, 6.07) is 0.